The molecule has 114 valence electrons. The van der Waals surface area contributed by atoms with E-state index in [1.807, 2.05) is 7.05 Å². The van der Waals surface area contributed by atoms with E-state index in [1.165, 1.54) is 0 Å². The van der Waals surface area contributed by atoms with E-state index in [1.54, 1.807) is 4.90 Å². The van der Waals surface area contributed by atoms with E-state index < -0.39 is 5.82 Å². The van der Waals surface area contributed by atoms with Crippen molar-refractivity contribution >= 4 is 23.1 Å². The summed E-state index contributed by atoms with van der Waals surface area (Å²) in [6.45, 7) is 5.11. The van der Waals surface area contributed by atoms with Crippen molar-refractivity contribution in [2.24, 2.45) is 5.92 Å². The minimum Gasteiger partial charge on any atom is -0.391 e. The van der Waals surface area contributed by atoms with E-state index >= 15 is 0 Å². The zero-order valence-corrected chi connectivity index (χ0v) is 13.1. The molecule has 1 aliphatic rings. The maximum absolute atomic E-state index is 13.9. The van der Waals surface area contributed by atoms with E-state index in [-0.39, 0.29) is 17.0 Å². The Labute approximate surface area is 128 Å². The number of aromatic nitrogens is 2. The molecule has 1 saturated heterocycles. The third-order valence-electron chi connectivity index (χ3n) is 3.51. The number of allylic oxidation sites excluding steroid dienone is 1. The van der Waals surface area contributed by atoms with Crippen molar-refractivity contribution < 1.29 is 4.39 Å². The van der Waals surface area contributed by atoms with Crippen LogP contribution in [0.25, 0.3) is 0 Å². The quantitative estimate of drug-likeness (QED) is 0.842. The van der Waals surface area contributed by atoms with Gasteiger partial charge in [0.25, 0.3) is 0 Å². The van der Waals surface area contributed by atoms with Gasteiger partial charge in [-0.3, -0.25) is 0 Å². The summed E-state index contributed by atoms with van der Waals surface area (Å²) in [5.41, 5.74) is 2.49. The Kier molecular flexibility index (Phi) is 4.77. The zero-order chi connectivity index (χ0) is 15.6. The van der Waals surface area contributed by atoms with Crippen LogP contribution in [0.5, 0.6) is 0 Å². The lowest BCUT2D eigenvalue weighted by atomic mass is 9.95. The largest absolute Gasteiger partial charge is 0.391 e. The molecule has 5 nitrogen and oxygen atoms in total. The second-order valence-electron chi connectivity index (χ2n) is 5.26. The summed E-state index contributed by atoms with van der Waals surface area (Å²) in [5.74, 6) is -0.0360. The third kappa shape index (κ3) is 3.32. The Bertz CT molecular complexity index is 585. The molecule has 0 saturated carbocycles. The fourth-order valence-electron chi connectivity index (χ4n) is 2.54. The normalized spacial score (nSPS) is 18.2. The fraction of sp³-hybridized carbons (Fsp3) is 0.500. The van der Waals surface area contributed by atoms with Gasteiger partial charge in [-0.15, -0.1) is 0 Å². The Morgan fingerprint density at radius 1 is 1.52 bits per heavy atom. The van der Waals surface area contributed by atoms with Crippen LogP contribution in [0.15, 0.2) is 17.5 Å². The summed E-state index contributed by atoms with van der Waals surface area (Å²) in [6, 6.07) is 0. The van der Waals surface area contributed by atoms with E-state index in [4.69, 9.17) is 17.0 Å². The van der Waals surface area contributed by atoms with Crippen LogP contribution in [0, 0.1) is 17.1 Å². The van der Waals surface area contributed by atoms with Crippen LogP contribution in [0.4, 0.5) is 10.2 Å². The molecule has 2 rings (SSSR count). The Morgan fingerprint density at radius 3 is 2.86 bits per heavy atom. The van der Waals surface area contributed by atoms with Gasteiger partial charge in [-0.25, -0.2) is 9.37 Å². The van der Waals surface area contributed by atoms with E-state index in [0.717, 1.165) is 17.5 Å². The summed E-state index contributed by atoms with van der Waals surface area (Å²) in [7, 11) is 1.84. The van der Waals surface area contributed by atoms with Gasteiger partial charge in [0.05, 0.1) is 6.20 Å². The first-order chi connectivity index (χ1) is 9.93. The molecule has 0 unspecified atom stereocenters. The van der Waals surface area contributed by atoms with Gasteiger partial charge in [0.2, 0.25) is 5.28 Å². The van der Waals surface area contributed by atoms with Crippen molar-refractivity contribution in [2.75, 3.05) is 25.0 Å². The van der Waals surface area contributed by atoms with Crippen LogP contribution < -0.4 is 10.2 Å². The Balaban J connectivity index is 2.37. The number of halogens is 2. The van der Waals surface area contributed by atoms with Crippen LogP contribution in [0.2, 0.25) is 5.28 Å². The lowest BCUT2D eigenvalue weighted by Crippen LogP contribution is -2.39. The van der Waals surface area contributed by atoms with Gasteiger partial charge in [-0.2, -0.15) is 4.98 Å². The molecule has 1 aromatic rings. The van der Waals surface area contributed by atoms with Crippen LogP contribution in [0.3, 0.4) is 0 Å². The highest BCUT2D eigenvalue weighted by Gasteiger charge is 2.25. The number of nitrogens with one attached hydrogen (secondary N) is 2. The molecular formula is C14H19ClFN5. The lowest BCUT2D eigenvalue weighted by molar-refractivity contribution is 0.600. The fourth-order valence-corrected chi connectivity index (χ4v) is 2.67. The molecule has 0 aliphatic carbocycles. The van der Waals surface area contributed by atoms with E-state index in [0.29, 0.717) is 25.2 Å². The molecule has 0 aromatic carbocycles. The van der Waals surface area contributed by atoms with Gasteiger partial charge in [-0.1, -0.05) is 13.8 Å². The summed E-state index contributed by atoms with van der Waals surface area (Å²) in [4.78, 5) is 9.41. The van der Waals surface area contributed by atoms with Gasteiger partial charge >= 0.3 is 0 Å². The first-order valence-corrected chi connectivity index (χ1v) is 7.23. The maximum atomic E-state index is 13.9. The number of rotatable bonds is 3. The number of anilines is 1. The van der Waals surface area contributed by atoms with Crippen molar-refractivity contribution in [1.82, 2.24) is 15.3 Å². The Hall–Kier alpha value is -1.69. The van der Waals surface area contributed by atoms with Crippen LogP contribution in [-0.2, 0) is 0 Å². The maximum Gasteiger partial charge on any atom is 0.224 e. The molecule has 0 spiro atoms. The van der Waals surface area contributed by atoms with Crippen molar-refractivity contribution in [1.29, 1.82) is 5.41 Å². The molecule has 0 amide bonds. The van der Waals surface area contributed by atoms with Crippen molar-refractivity contribution in [2.45, 2.75) is 20.3 Å². The van der Waals surface area contributed by atoms with Crippen LogP contribution in [0.1, 0.15) is 20.3 Å². The molecule has 0 radical (unpaired) electrons. The highest BCUT2D eigenvalue weighted by Crippen LogP contribution is 2.25. The summed E-state index contributed by atoms with van der Waals surface area (Å²) in [5, 5.41) is 11.3. The molecule has 0 atom stereocenters. The van der Waals surface area contributed by atoms with Crippen molar-refractivity contribution in [3.8, 4) is 0 Å². The van der Waals surface area contributed by atoms with Gasteiger partial charge in [0, 0.05) is 43.5 Å². The average molecular weight is 312 g/mol. The smallest absolute Gasteiger partial charge is 0.224 e. The summed E-state index contributed by atoms with van der Waals surface area (Å²) in [6.07, 6.45) is 1.63. The average Bonchev–Trinajstić information content (AvgIpc) is 2.44. The molecule has 1 fully saturated rings. The van der Waals surface area contributed by atoms with Gasteiger partial charge < -0.3 is 15.6 Å². The molecule has 2 heterocycles. The molecular weight excluding hydrogens is 293 g/mol. The molecule has 7 heteroatoms. The molecule has 21 heavy (non-hydrogen) atoms. The number of hydrogen-bond donors (Lipinski definition) is 2. The minimum absolute atomic E-state index is 0.0234. The first kappa shape index (κ1) is 15.7. The highest BCUT2D eigenvalue weighted by atomic mass is 35.5. The second-order valence-corrected chi connectivity index (χ2v) is 5.60. The van der Waals surface area contributed by atoms with Gasteiger partial charge in [-0.05, 0) is 17.5 Å². The van der Waals surface area contributed by atoms with Crippen molar-refractivity contribution in [3.05, 3.63) is 28.6 Å². The van der Waals surface area contributed by atoms with Crippen LogP contribution >= 0.6 is 11.6 Å². The number of hydrogen-bond acceptors (Lipinski definition) is 5. The molecule has 1 aromatic heterocycles. The predicted molar refractivity (Wildman–Crippen MR) is 82.5 cm³/mol. The topological polar surface area (TPSA) is 64.9 Å². The molecule has 1 aliphatic heterocycles. The zero-order valence-electron chi connectivity index (χ0n) is 12.4. The minimum atomic E-state index is -0.497. The summed E-state index contributed by atoms with van der Waals surface area (Å²) < 4.78 is 13.9. The SMILES string of the molecule is CN/C(=C1/CN(c2nc(Cl)ncc2F)CCC1=N)C(C)C. The first-order valence-electron chi connectivity index (χ1n) is 6.85. The van der Waals surface area contributed by atoms with Crippen LogP contribution in [-0.4, -0.2) is 35.8 Å². The standard InChI is InChI=1S/C14H19ClFN5/c1-8(2)12(18-3)9-7-21(5-4-11(9)17)13-10(16)6-19-14(15)20-13/h6,8,17-18H,4-5,7H2,1-3H3/b12-9-,17-11?. The van der Waals surface area contributed by atoms with Gasteiger partial charge in [0.1, 0.15) is 0 Å². The third-order valence-corrected chi connectivity index (χ3v) is 3.69. The number of piperidine rings is 1. The van der Waals surface area contributed by atoms with E-state index in [9.17, 15) is 4.39 Å². The second kappa shape index (κ2) is 6.39. The lowest BCUT2D eigenvalue weighted by Gasteiger charge is -2.32. The predicted octanol–water partition coefficient (Wildman–Crippen LogP) is 2.63. The summed E-state index contributed by atoms with van der Waals surface area (Å²) >= 11 is 5.76. The Morgan fingerprint density at radius 2 is 2.24 bits per heavy atom. The van der Waals surface area contributed by atoms with E-state index in [2.05, 4.69) is 29.1 Å². The highest BCUT2D eigenvalue weighted by molar-refractivity contribution is 6.28. The van der Waals surface area contributed by atoms with Gasteiger partial charge in [0.15, 0.2) is 11.6 Å². The molecule has 2 N–H and O–H groups in total. The monoisotopic (exact) mass is 311 g/mol. The molecule has 0 bridgehead atoms. The number of nitrogens with zero attached hydrogens (tertiary/aromatic N) is 3. The van der Waals surface area contributed by atoms with Crippen molar-refractivity contribution in [3.63, 3.8) is 0 Å².